The van der Waals surface area contributed by atoms with Crippen molar-refractivity contribution < 1.29 is 4.79 Å². The normalized spacial score (nSPS) is 16.7. The van der Waals surface area contributed by atoms with Crippen molar-refractivity contribution in [1.82, 2.24) is 10.2 Å². The summed E-state index contributed by atoms with van der Waals surface area (Å²) in [5.74, 6) is 3.37. The van der Waals surface area contributed by atoms with E-state index in [-0.39, 0.29) is 5.69 Å². The summed E-state index contributed by atoms with van der Waals surface area (Å²) in [5, 5.41) is 10.9. The minimum absolute atomic E-state index is 0.199. The van der Waals surface area contributed by atoms with E-state index in [0.29, 0.717) is 11.7 Å². The third-order valence-electron chi connectivity index (χ3n) is 2.83. The van der Waals surface area contributed by atoms with Crippen LogP contribution in [-0.4, -0.2) is 34.2 Å². The van der Waals surface area contributed by atoms with Gasteiger partial charge >= 0.3 is 0 Å². The average molecular weight is 252 g/mol. The van der Waals surface area contributed by atoms with Crippen LogP contribution in [0, 0.1) is 5.92 Å². The Morgan fingerprint density at radius 1 is 1.41 bits per heavy atom. The highest BCUT2D eigenvalue weighted by molar-refractivity contribution is 7.99. The zero-order chi connectivity index (χ0) is 12.1. The summed E-state index contributed by atoms with van der Waals surface area (Å²) in [6, 6.07) is 3.33. The summed E-state index contributed by atoms with van der Waals surface area (Å²) < 4.78 is 0. The van der Waals surface area contributed by atoms with Crippen molar-refractivity contribution in [3.8, 4) is 0 Å². The third-order valence-corrected chi connectivity index (χ3v) is 3.88. The zero-order valence-corrected chi connectivity index (χ0v) is 10.4. The number of nitrogens with two attached hydrogens (primary N) is 1. The first kappa shape index (κ1) is 12.2. The van der Waals surface area contributed by atoms with Gasteiger partial charge in [-0.15, -0.1) is 10.2 Å². The number of primary amides is 1. The molecule has 0 spiro atoms. The van der Waals surface area contributed by atoms with E-state index in [0.717, 1.165) is 6.54 Å². The smallest absolute Gasteiger partial charge is 0.269 e. The number of amides is 1. The van der Waals surface area contributed by atoms with Crippen molar-refractivity contribution in [2.24, 2.45) is 11.7 Å². The molecule has 1 fully saturated rings. The fourth-order valence-electron chi connectivity index (χ4n) is 1.76. The molecule has 0 radical (unpaired) electrons. The predicted octanol–water partition coefficient (Wildman–Crippen LogP) is 1.13. The van der Waals surface area contributed by atoms with E-state index in [1.807, 2.05) is 11.8 Å². The van der Waals surface area contributed by atoms with Gasteiger partial charge in [-0.1, -0.05) is 0 Å². The molecule has 1 amide bonds. The predicted molar refractivity (Wildman–Crippen MR) is 69.1 cm³/mol. The van der Waals surface area contributed by atoms with Gasteiger partial charge < -0.3 is 11.1 Å². The van der Waals surface area contributed by atoms with Gasteiger partial charge in [-0.25, -0.2) is 0 Å². The third kappa shape index (κ3) is 3.59. The number of rotatable bonds is 4. The van der Waals surface area contributed by atoms with E-state index >= 15 is 0 Å². The van der Waals surface area contributed by atoms with E-state index in [1.165, 1.54) is 24.3 Å². The number of nitrogens with zero attached hydrogens (tertiary/aromatic N) is 2. The van der Waals surface area contributed by atoms with Crippen molar-refractivity contribution in [2.75, 3.05) is 23.4 Å². The number of nitrogens with one attached hydrogen (secondary N) is 1. The molecule has 17 heavy (non-hydrogen) atoms. The fourth-order valence-corrected chi connectivity index (χ4v) is 2.96. The molecule has 5 nitrogen and oxygen atoms in total. The Morgan fingerprint density at radius 3 is 2.76 bits per heavy atom. The summed E-state index contributed by atoms with van der Waals surface area (Å²) >= 11 is 2.02. The van der Waals surface area contributed by atoms with E-state index in [4.69, 9.17) is 5.73 Å². The van der Waals surface area contributed by atoms with Crippen LogP contribution >= 0.6 is 11.8 Å². The van der Waals surface area contributed by atoms with Crippen molar-refractivity contribution in [1.29, 1.82) is 0 Å². The van der Waals surface area contributed by atoms with Crippen LogP contribution in [0.15, 0.2) is 12.1 Å². The van der Waals surface area contributed by atoms with Crippen LogP contribution in [-0.2, 0) is 0 Å². The van der Waals surface area contributed by atoms with Crippen LogP contribution in [0.25, 0.3) is 0 Å². The van der Waals surface area contributed by atoms with Crippen LogP contribution in [0.1, 0.15) is 23.3 Å². The molecule has 3 N–H and O–H groups in total. The second-order valence-corrected chi connectivity index (χ2v) is 5.33. The zero-order valence-electron chi connectivity index (χ0n) is 9.56. The maximum absolute atomic E-state index is 10.8. The first-order valence-electron chi connectivity index (χ1n) is 5.71. The Kier molecular flexibility index (Phi) is 4.19. The van der Waals surface area contributed by atoms with Gasteiger partial charge in [0, 0.05) is 6.54 Å². The molecule has 6 heteroatoms. The average Bonchev–Trinajstić information content (AvgIpc) is 2.38. The molecule has 1 aromatic heterocycles. The number of thioether (sulfide) groups is 1. The van der Waals surface area contributed by atoms with Crippen LogP contribution in [0.4, 0.5) is 5.82 Å². The Labute approximate surface area is 105 Å². The molecular formula is C11H16N4OS. The van der Waals surface area contributed by atoms with E-state index < -0.39 is 5.91 Å². The lowest BCUT2D eigenvalue weighted by molar-refractivity contribution is 0.0994. The van der Waals surface area contributed by atoms with Crippen LogP contribution in [0.2, 0.25) is 0 Å². The molecule has 0 atom stereocenters. The molecule has 0 aliphatic carbocycles. The van der Waals surface area contributed by atoms with Crippen molar-refractivity contribution >= 4 is 23.5 Å². The molecule has 1 aliphatic heterocycles. The van der Waals surface area contributed by atoms with E-state index in [1.54, 1.807) is 12.1 Å². The highest BCUT2D eigenvalue weighted by Gasteiger charge is 2.13. The topological polar surface area (TPSA) is 80.9 Å². The van der Waals surface area contributed by atoms with Crippen LogP contribution < -0.4 is 11.1 Å². The largest absolute Gasteiger partial charge is 0.368 e. The van der Waals surface area contributed by atoms with Crippen molar-refractivity contribution in [2.45, 2.75) is 12.8 Å². The second kappa shape index (κ2) is 5.86. The molecular weight excluding hydrogens is 236 g/mol. The first-order chi connectivity index (χ1) is 8.25. The Bertz CT molecular complexity index is 376. The second-order valence-electron chi connectivity index (χ2n) is 4.10. The van der Waals surface area contributed by atoms with Gasteiger partial charge in [0.15, 0.2) is 5.69 Å². The minimum atomic E-state index is -0.548. The summed E-state index contributed by atoms with van der Waals surface area (Å²) in [6.07, 6.45) is 2.51. The molecule has 0 bridgehead atoms. The maximum Gasteiger partial charge on any atom is 0.269 e. The van der Waals surface area contributed by atoms with Gasteiger partial charge in [0.05, 0.1) is 0 Å². The van der Waals surface area contributed by atoms with Gasteiger partial charge in [-0.2, -0.15) is 11.8 Å². The van der Waals surface area contributed by atoms with Gasteiger partial charge in [0.2, 0.25) is 0 Å². The van der Waals surface area contributed by atoms with Crippen molar-refractivity contribution in [3.63, 3.8) is 0 Å². The Balaban J connectivity index is 1.84. The van der Waals surface area contributed by atoms with Gasteiger partial charge in [0.1, 0.15) is 5.82 Å². The number of hydrogen-bond donors (Lipinski definition) is 2. The number of hydrogen-bond acceptors (Lipinski definition) is 5. The summed E-state index contributed by atoms with van der Waals surface area (Å²) in [5.41, 5.74) is 5.29. The van der Waals surface area contributed by atoms with Crippen LogP contribution in [0.3, 0.4) is 0 Å². The van der Waals surface area contributed by atoms with E-state index in [2.05, 4.69) is 15.5 Å². The first-order valence-corrected chi connectivity index (χ1v) is 6.86. The molecule has 1 saturated heterocycles. The number of carbonyl (C=O) groups is 1. The highest BCUT2D eigenvalue weighted by Crippen LogP contribution is 2.22. The Hall–Kier alpha value is -1.30. The molecule has 2 heterocycles. The lowest BCUT2D eigenvalue weighted by Gasteiger charge is -2.21. The summed E-state index contributed by atoms with van der Waals surface area (Å²) in [6.45, 7) is 0.922. The maximum atomic E-state index is 10.8. The van der Waals surface area contributed by atoms with Crippen molar-refractivity contribution in [3.05, 3.63) is 17.8 Å². The quantitative estimate of drug-likeness (QED) is 0.839. The fraction of sp³-hybridized carbons (Fsp3) is 0.545. The summed E-state index contributed by atoms with van der Waals surface area (Å²) in [7, 11) is 0. The number of aromatic nitrogens is 2. The SMILES string of the molecule is NC(=O)c1ccc(NCC2CCSCC2)nn1. The molecule has 92 valence electrons. The van der Waals surface area contributed by atoms with Crippen LogP contribution in [0.5, 0.6) is 0 Å². The Morgan fingerprint density at radius 2 is 2.18 bits per heavy atom. The van der Waals surface area contributed by atoms with E-state index in [9.17, 15) is 4.79 Å². The molecule has 0 unspecified atom stereocenters. The lowest BCUT2D eigenvalue weighted by atomic mass is 10.0. The van der Waals surface area contributed by atoms with Gasteiger partial charge in [0.25, 0.3) is 5.91 Å². The molecule has 0 aromatic carbocycles. The monoisotopic (exact) mass is 252 g/mol. The lowest BCUT2D eigenvalue weighted by Crippen LogP contribution is -2.20. The standard InChI is InChI=1S/C11H16N4OS/c12-11(16)9-1-2-10(15-14-9)13-7-8-3-5-17-6-4-8/h1-2,8H,3-7H2,(H2,12,16)(H,13,15). The van der Waals surface area contributed by atoms with Gasteiger partial charge in [-0.3, -0.25) is 4.79 Å². The molecule has 2 rings (SSSR count). The molecule has 0 saturated carbocycles. The summed E-state index contributed by atoms with van der Waals surface area (Å²) in [4.78, 5) is 10.8. The van der Waals surface area contributed by atoms with Gasteiger partial charge in [-0.05, 0) is 42.4 Å². The molecule has 1 aromatic rings. The number of anilines is 1. The highest BCUT2D eigenvalue weighted by atomic mass is 32.2. The molecule has 1 aliphatic rings. The minimum Gasteiger partial charge on any atom is -0.368 e. The number of carbonyl (C=O) groups excluding carboxylic acids is 1.